The summed E-state index contributed by atoms with van der Waals surface area (Å²) < 4.78 is 6.66. The highest BCUT2D eigenvalue weighted by atomic mass is 28.4. The van der Waals surface area contributed by atoms with E-state index in [1.165, 1.54) is 22.3 Å². The Bertz CT molecular complexity index is 759. The normalized spacial score (nSPS) is 16.9. The van der Waals surface area contributed by atoms with Crippen molar-refractivity contribution in [2.45, 2.75) is 51.7 Å². The first-order chi connectivity index (χ1) is 10.6. The van der Waals surface area contributed by atoms with Crippen LogP contribution in [-0.4, -0.2) is 8.32 Å². The average molecular weight is 326 g/mol. The van der Waals surface area contributed by atoms with Crippen LogP contribution in [0.4, 0.5) is 5.69 Å². The van der Waals surface area contributed by atoms with Gasteiger partial charge < -0.3 is 10.2 Å². The Morgan fingerprint density at radius 3 is 2.30 bits per heavy atom. The van der Waals surface area contributed by atoms with Crippen LogP contribution in [0.5, 0.6) is 5.75 Å². The van der Waals surface area contributed by atoms with Gasteiger partial charge in [-0.15, -0.1) is 0 Å². The number of hydrogen-bond acceptors (Lipinski definition) is 2. The van der Waals surface area contributed by atoms with E-state index in [9.17, 15) is 0 Å². The molecule has 0 saturated carbocycles. The molecule has 0 amide bonds. The van der Waals surface area contributed by atoms with E-state index in [2.05, 4.69) is 71.1 Å². The number of benzene rings is 2. The van der Waals surface area contributed by atoms with Crippen LogP contribution in [0.15, 0.2) is 36.4 Å². The summed E-state index contributed by atoms with van der Waals surface area (Å²) in [6, 6.07) is 12.8. The maximum Gasteiger partial charge on any atom is 0.250 e. The van der Waals surface area contributed by atoms with Gasteiger partial charge in [-0.3, -0.25) is 0 Å². The zero-order chi connectivity index (χ0) is 17.0. The third-order valence-corrected chi connectivity index (χ3v) is 9.87. The highest BCUT2D eigenvalue weighted by molar-refractivity contribution is 6.74. The van der Waals surface area contributed by atoms with Gasteiger partial charge in [-0.1, -0.05) is 58.0 Å². The van der Waals surface area contributed by atoms with Crippen LogP contribution in [0.25, 0.3) is 11.1 Å². The summed E-state index contributed by atoms with van der Waals surface area (Å²) in [4.78, 5) is 0. The molecule has 3 heteroatoms. The van der Waals surface area contributed by atoms with Crippen molar-refractivity contribution in [2.24, 2.45) is 0 Å². The first-order valence-corrected chi connectivity index (χ1v) is 11.2. The van der Waals surface area contributed by atoms with Crippen LogP contribution in [0.3, 0.4) is 0 Å². The molecule has 23 heavy (non-hydrogen) atoms. The maximum atomic E-state index is 6.66. The molecule has 0 fully saturated rings. The van der Waals surface area contributed by atoms with Crippen LogP contribution < -0.4 is 10.2 Å². The lowest BCUT2D eigenvalue weighted by Gasteiger charge is -2.37. The van der Waals surface area contributed by atoms with Crippen LogP contribution in [0.2, 0.25) is 18.1 Å². The van der Waals surface area contributed by atoms with E-state index in [4.69, 9.17) is 10.2 Å². The zero-order valence-corrected chi connectivity index (χ0v) is 16.0. The molecule has 2 aromatic carbocycles. The van der Waals surface area contributed by atoms with Crippen LogP contribution in [0, 0.1) is 0 Å². The molecule has 1 unspecified atom stereocenters. The Hall–Kier alpha value is -1.74. The lowest BCUT2D eigenvalue weighted by molar-refractivity contribution is 0.488. The number of anilines is 1. The van der Waals surface area contributed by atoms with E-state index in [0.717, 1.165) is 11.4 Å². The molecule has 0 spiro atoms. The Balaban J connectivity index is 2.15. The predicted molar refractivity (Wildman–Crippen MR) is 102 cm³/mol. The summed E-state index contributed by atoms with van der Waals surface area (Å²) in [5, 5.41) is 0.150. The monoisotopic (exact) mass is 325 g/mol. The second kappa shape index (κ2) is 5.13. The van der Waals surface area contributed by atoms with Crippen LogP contribution in [-0.2, 0) is 0 Å². The summed E-state index contributed by atoms with van der Waals surface area (Å²) in [7, 11) is -1.93. The van der Waals surface area contributed by atoms with Crippen molar-refractivity contribution >= 4 is 14.0 Å². The molecule has 1 aliphatic rings. The molecule has 2 nitrogen and oxygen atoms in total. The topological polar surface area (TPSA) is 35.2 Å². The van der Waals surface area contributed by atoms with Gasteiger partial charge in [0, 0.05) is 11.5 Å². The largest absolute Gasteiger partial charge is 0.542 e. The zero-order valence-electron chi connectivity index (χ0n) is 15.0. The van der Waals surface area contributed by atoms with Crippen molar-refractivity contribution < 1.29 is 4.43 Å². The van der Waals surface area contributed by atoms with Gasteiger partial charge >= 0.3 is 0 Å². The molecular formula is C20H27NOSi. The molecule has 0 heterocycles. The number of nitrogens with two attached hydrogens (primary N) is 1. The van der Waals surface area contributed by atoms with Gasteiger partial charge in [0.2, 0.25) is 0 Å². The molecule has 0 aromatic heterocycles. The van der Waals surface area contributed by atoms with Gasteiger partial charge in [0.1, 0.15) is 5.75 Å². The van der Waals surface area contributed by atoms with E-state index in [1.54, 1.807) is 0 Å². The quantitative estimate of drug-likeness (QED) is 0.560. The Labute approximate surface area is 140 Å². The Kier molecular flexibility index (Phi) is 3.60. The Morgan fingerprint density at radius 2 is 1.65 bits per heavy atom. The second-order valence-corrected chi connectivity index (χ2v) is 12.8. The lowest BCUT2D eigenvalue weighted by atomic mass is 9.98. The molecule has 0 saturated heterocycles. The van der Waals surface area contributed by atoms with Gasteiger partial charge in [-0.05, 0) is 40.9 Å². The minimum absolute atomic E-state index is 0.150. The van der Waals surface area contributed by atoms with Gasteiger partial charge in [0.05, 0.1) is 5.69 Å². The maximum absolute atomic E-state index is 6.66. The first kappa shape index (κ1) is 16.1. The summed E-state index contributed by atoms with van der Waals surface area (Å²) in [6.45, 7) is 13.6. The van der Waals surface area contributed by atoms with Gasteiger partial charge in [-0.25, -0.2) is 0 Å². The number of fused-ring (bicyclic) bond motifs is 3. The highest BCUT2D eigenvalue weighted by Gasteiger charge is 2.41. The minimum atomic E-state index is -1.93. The lowest BCUT2D eigenvalue weighted by Crippen LogP contribution is -2.44. The van der Waals surface area contributed by atoms with Crippen molar-refractivity contribution in [3.05, 3.63) is 47.5 Å². The molecule has 2 aromatic rings. The molecule has 1 aliphatic carbocycles. The molecule has 0 aliphatic heterocycles. The van der Waals surface area contributed by atoms with Crippen molar-refractivity contribution in [2.75, 3.05) is 5.73 Å². The third-order valence-electron chi connectivity index (χ3n) is 5.54. The molecule has 122 valence electrons. The second-order valence-electron chi connectivity index (χ2n) is 8.12. The predicted octanol–water partition coefficient (Wildman–Crippen LogP) is 5.79. The van der Waals surface area contributed by atoms with Crippen LogP contribution >= 0.6 is 0 Å². The third kappa shape index (κ3) is 2.47. The SMILES string of the molecule is CC1c2ccccc2-c2ccc(N)c(O[Si](C)(C)C(C)(C)C)c21. The van der Waals surface area contributed by atoms with Crippen molar-refractivity contribution in [1.82, 2.24) is 0 Å². The molecule has 0 bridgehead atoms. The van der Waals surface area contributed by atoms with Crippen molar-refractivity contribution in [3.8, 4) is 16.9 Å². The van der Waals surface area contributed by atoms with Crippen molar-refractivity contribution in [3.63, 3.8) is 0 Å². The molecule has 3 rings (SSSR count). The fourth-order valence-electron chi connectivity index (χ4n) is 3.08. The molecule has 0 radical (unpaired) electrons. The summed E-state index contributed by atoms with van der Waals surface area (Å²) in [5.41, 5.74) is 12.3. The highest BCUT2D eigenvalue weighted by Crippen LogP contribution is 2.51. The molecule has 2 N–H and O–H groups in total. The first-order valence-electron chi connectivity index (χ1n) is 8.34. The summed E-state index contributed by atoms with van der Waals surface area (Å²) >= 11 is 0. The average Bonchev–Trinajstić information content (AvgIpc) is 2.75. The van der Waals surface area contributed by atoms with Gasteiger partial charge in [0.25, 0.3) is 8.32 Å². The van der Waals surface area contributed by atoms with E-state index in [-0.39, 0.29) is 5.04 Å². The molecular weight excluding hydrogens is 298 g/mol. The molecule has 1 atom stereocenters. The summed E-state index contributed by atoms with van der Waals surface area (Å²) in [5.74, 6) is 1.24. The smallest absolute Gasteiger partial charge is 0.250 e. The van der Waals surface area contributed by atoms with Crippen LogP contribution in [0.1, 0.15) is 44.7 Å². The van der Waals surface area contributed by atoms with Gasteiger partial charge in [-0.2, -0.15) is 0 Å². The van der Waals surface area contributed by atoms with E-state index in [1.807, 2.05) is 6.07 Å². The van der Waals surface area contributed by atoms with E-state index < -0.39 is 8.32 Å². The standard InChI is InChI=1S/C20H27NOSi/c1-13-14-9-7-8-10-15(14)16-11-12-17(21)19(18(13)16)22-23(5,6)20(2,3)4/h7-13H,21H2,1-6H3. The number of rotatable bonds is 2. The minimum Gasteiger partial charge on any atom is -0.542 e. The fraction of sp³-hybridized carbons (Fsp3) is 0.400. The van der Waals surface area contributed by atoms with Gasteiger partial charge in [0.15, 0.2) is 0 Å². The summed E-state index contributed by atoms with van der Waals surface area (Å²) in [6.07, 6.45) is 0. The fourth-order valence-corrected chi connectivity index (χ4v) is 4.12. The van der Waals surface area contributed by atoms with Crippen molar-refractivity contribution in [1.29, 1.82) is 0 Å². The Morgan fingerprint density at radius 1 is 1.00 bits per heavy atom. The van der Waals surface area contributed by atoms with E-state index >= 15 is 0 Å². The number of nitrogen functional groups attached to an aromatic ring is 1. The van der Waals surface area contributed by atoms with E-state index in [0.29, 0.717) is 5.92 Å². The number of hydrogen-bond donors (Lipinski definition) is 1.